The highest BCUT2D eigenvalue weighted by molar-refractivity contribution is 5.81. The summed E-state index contributed by atoms with van der Waals surface area (Å²) < 4.78 is 5.30. The molecule has 1 saturated heterocycles. The third kappa shape index (κ3) is 2.93. The molecule has 1 heterocycles. The molecule has 3 nitrogen and oxygen atoms in total. The maximum Gasteiger partial charge on any atom is 0.140 e. The third-order valence-electron chi connectivity index (χ3n) is 3.31. The monoisotopic (exact) mass is 234 g/mol. The van der Waals surface area contributed by atoms with Gasteiger partial charge >= 0.3 is 0 Å². The summed E-state index contributed by atoms with van der Waals surface area (Å²) >= 11 is 0. The van der Waals surface area contributed by atoms with Crippen molar-refractivity contribution in [2.75, 3.05) is 13.2 Å². The summed E-state index contributed by atoms with van der Waals surface area (Å²) in [7, 11) is 0. The molecular formula is C14H18O3. The molecule has 1 aliphatic rings. The van der Waals surface area contributed by atoms with Crippen LogP contribution in [0.5, 0.6) is 0 Å². The topological polar surface area (TPSA) is 46.5 Å². The van der Waals surface area contributed by atoms with E-state index in [0.717, 1.165) is 5.56 Å². The lowest BCUT2D eigenvalue weighted by atomic mass is 9.83. The highest BCUT2D eigenvalue weighted by Crippen LogP contribution is 2.30. The summed E-state index contributed by atoms with van der Waals surface area (Å²) in [4.78, 5) is 11.7. The van der Waals surface area contributed by atoms with Gasteiger partial charge in [0.1, 0.15) is 5.78 Å². The highest BCUT2D eigenvalue weighted by Gasteiger charge is 2.32. The van der Waals surface area contributed by atoms with Crippen LogP contribution in [0.4, 0.5) is 0 Å². The predicted molar refractivity (Wildman–Crippen MR) is 64.6 cm³/mol. The summed E-state index contributed by atoms with van der Waals surface area (Å²) in [6.45, 7) is 2.70. The molecule has 1 aromatic rings. The molecule has 1 aromatic carbocycles. The zero-order chi connectivity index (χ0) is 12.3. The summed E-state index contributed by atoms with van der Waals surface area (Å²) in [5.74, 6) is 0.0198. The van der Waals surface area contributed by atoms with Gasteiger partial charge in [-0.15, -0.1) is 0 Å². The van der Waals surface area contributed by atoms with Crippen LogP contribution in [0.15, 0.2) is 30.3 Å². The van der Waals surface area contributed by atoms with E-state index in [9.17, 15) is 9.90 Å². The molecule has 0 aromatic heterocycles. The van der Waals surface area contributed by atoms with Gasteiger partial charge < -0.3 is 9.84 Å². The number of rotatable bonds is 3. The normalized spacial score (nSPS) is 24.4. The Labute approximate surface area is 101 Å². The minimum absolute atomic E-state index is 0.182. The fourth-order valence-electron chi connectivity index (χ4n) is 2.26. The van der Waals surface area contributed by atoms with Crippen molar-refractivity contribution in [1.82, 2.24) is 0 Å². The Bertz CT molecular complexity index is 384. The Hall–Kier alpha value is -1.19. The van der Waals surface area contributed by atoms with E-state index in [1.807, 2.05) is 30.3 Å². The van der Waals surface area contributed by atoms with Crippen LogP contribution in [-0.4, -0.2) is 24.1 Å². The number of carbonyl (C=O) groups is 1. The zero-order valence-corrected chi connectivity index (χ0v) is 10.1. The Balaban J connectivity index is 2.09. The smallest absolute Gasteiger partial charge is 0.140 e. The molecule has 2 unspecified atom stereocenters. The van der Waals surface area contributed by atoms with Crippen LogP contribution in [0.2, 0.25) is 0 Å². The lowest BCUT2D eigenvalue weighted by Crippen LogP contribution is -2.34. The van der Waals surface area contributed by atoms with E-state index in [1.165, 1.54) is 0 Å². The van der Waals surface area contributed by atoms with E-state index in [4.69, 9.17) is 4.74 Å². The van der Waals surface area contributed by atoms with Gasteiger partial charge in [-0.05, 0) is 18.9 Å². The Morgan fingerprint density at radius 3 is 2.76 bits per heavy atom. The van der Waals surface area contributed by atoms with Crippen LogP contribution in [0.3, 0.4) is 0 Å². The van der Waals surface area contributed by atoms with Crippen molar-refractivity contribution < 1.29 is 14.6 Å². The number of ketones is 1. The van der Waals surface area contributed by atoms with E-state index in [1.54, 1.807) is 6.92 Å². The number of aliphatic hydroxyl groups is 1. The van der Waals surface area contributed by atoms with Crippen LogP contribution in [0.25, 0.3) is 0 Å². The first-order valence-corrected chi connectivity index (χ1v) is 5.98. The van der Waals surface area contributed by atoms with Gasteiger partial charge in [-0.2, -0.15) is 0 Å². The number of Topliss-reactive ketones (excluding diaryl/α,β-unsaturated/α-hetero) is 1. The summed E-state index contributed by atoms with van der Waals surface area (Å²) in [6, 6.07) is 9.46. The molecule has 0 aliphatic carbocycles. The second kappa shape index (κ2) is 4.98. The maximum atomic E-state index is 11.7. The molecule has 0 radical (unpaired) electrons. The predicted octanol–water partition coefficient (Wildman–Crippen LogP) is 1.89. The summed E-state index contributed by atoms with van der Waals surface area (Å²) in [6.07, 6.45) is 0.894. The van der Waals surface area contributed by atoms with Gasteiger partial charge in [-0.3, -0.25) is 4.79 Å². The number of hydrogen-bond donors (Lipinski definition) is 1. The molecule has 0 saturated carbocycles. The van der Waals surface area contributed by atoms with E-state index in [0.29, 0.717) is 26.1 Å². The highest BCUT2D eigenvalue weighted by atomic mass is 16.5. The van der Waals surface area contributed by atoms with Gasteiger partial charge in [0.2, 0.25) is 0 Å². The zero-order valence-electron chi connectivity index (χ0n) is 10.1. The van der Waals surface area contributed by atoms with Crippen molar-refractivity contribution in [2.45, 2.75) is 25.4 Å². The average molecular weight is 234 g/mol. The van der Waals surface area contributed by atoms with Crippen LogP contribution in [0.1, 0.15) is 25.3 Å². The Morgan fingerprint density at radius 2 is 2.12 bits per heavy atom. The average Bonchev–Trinajstić information content (AvgIpc) is 2.33. The second-order valence-electron chi connectivity index (χ2n) is 4.83. The van der Waals surface area contributed by atoms with Crippen LogP contribution in [-0.2, 0) is 15.1 Å². The molecule has 1 fully saturated rings. The van der Waals surface area contributed by atoms with E-state index in [2.05, 4.69) is 0 Å². The Kier molecular flexibility index (Phi) is 3.60. The molecule has 92 valence electrons. The van der Waals surface area contributed by atoms with Crippen molar-refractivity contribution in [3.63, 3.8) is 0 Å². The molecule has 3 heteroatoms. The van der Waals surface area contributed by atoms with Crippen molar-refractivity contribution in [3.05, 3.63) is 35.9 Å². The summed E-state index contributed by atoms with van der Waals surface area (Å²) in [5, 5.41) is 10.4. The lowest BCUT2D eigenvalue weighted by molar-refractivity contribution is -0.133. The molecule has 1 N–H and O–H groups in total. The van der Waals surface area contributed by atoms with Crippen LogP contribution >= 0.6 is 0 Å². The molecule has 0 spiro atoms. The SMILES string of the molecule is CC(O)(CC1COCCC1=O)c1ccccc1. The molecule has 0 bridgehead atoms. The molecule has 1 aliphatic heterocycles. The second-order valence-corrected chi connectivity index (χ2v) is 4.83. The minimum Gasteiger partial charge on any atom is -0.385 e. The number of hydrogen-bond acceptors (Lipinski definition) is 3. The van der Waals surface area contributed by atoms with Crippen molar-refractivity contribution in [1.29, 1.82) is 0 Å². The van der Waals surface area contributed by atoms with Crippen LogP contribution in [0, 0.1) is 5.92 Å². The number of benzene rings is 1. The fraction of sp³-hybridized carbons (Fsp3) is 0.500. The number of ether oxygens (including phenoxy) is 1. The maximum absolute atomic E-state index is 11.7. The first-order chi connectivity index (χ1) is 8.09. The lowest BCUT2D eigenvalue weighted by Gasteiger charge is -2.30. The van der Waals surface area contributed by atoms with Gasteiger partial charge in [-0.25, -0.2) is 0 Å². The van der Waals surface area contributed by atoms with Crippen molar-refractivity contribution in [2.24, 2.45) is 5.92 Å². The first kappa shape index (κ1) is 12.3. The minimum atomic E-state index is -0.970. The van der Waals surface area contributed by atoms with Crippen molar-refractivity contribution in [3.8, 4) is 0 Å². The largest absolute Gasteiger partial charge is 0.385 e. The summed E-state index contributed by atoms with van der Waals surface area (Å²) in [5.41, 5.74) is -0.124. The van der Waals surface area contributed by atoms with E-state index >= 15 is 0 Å². The van der Waals surface area contributed by atoms with Gasteiger partial charge in [0.05, 0.1) is 18.8 Å². The molecule has 2 rings (SSSR count). The third-order valence-corrected chi connectivity index (χ3v) is 3.31. The molecule has 0 amide bonds. The molecular weight excluding hydrogens is 216 g/mol. The first-order valence-electron chi connectivity index (χ1n) is 5.98. The van der Waals surface area contributed by atoms with Crippen LogP contribution < -0.4 is 0 Å². The van der Waals surface area contributed by atoms with Gasteiger partial charge in [-0.1, -0.05) is 30.3 Å². The standard InChI is InChI=1S/C14H18O3/c1-14(16,12-5-3-2-4-6-12)9-11-10-17-8-7-13(11)15/h2-6,11,16H,7-10H2,1H3. The quantitative estimate of drug-likeness (QED) is 0.868. The van der Waals surface area contributed by atoms with Gasteiger partial charge in [0.15, 0.2) is 0 Å². The van der Waals surface area contributed by atoms with E-state index in [-0.39, 0.29) is 11.7 Å². The number of carbonyl (C=O) groups excluding carboxylic acids is 1. The Morgan fingerprint density at radius 1 is 1.41 bits per heavy atom. The van der Waals surface area contributed by atoms with Gasteiger partial charge in [0.25, 0.3) is 0 Å². The fourth-order valence-corrected chi connectivity index (χ4v) is 2.26. The van der Waals surface area contributed by atoms with E-state index < -0.39 is 5.60 Å². The van der Waals surface area contributed by atoms with Gasteiger partial charge in [0, 0.05) is 12.3 Å². The van der Waals surface area contributed by atoms with Crippen molar-refractivity contribution >= 4 is 5.78 Å². The molecule has 2 atom stereocenters. The molecule has 17 heavy (non-hydrogen) atoms.